The summed E-state index contributed by atoms with van der Waals surface area (Å²) in [6.07, 6.45) is 10.2. The van der Waals surface area contributed by atoms with E-state index >= 15 is 0 Å². The summed E-state index contributed by atoms with van der Waals surface area (Å²) in [5.41, 5.74) is 2.32. The summed E-state index contributed by atoms with van der Waals surface area (Å²) in [7, 11) is 1.96. The lowest BCUT2D eigenvalue weighted by Crippen LogP contribution is -2.47. The molecule has 2 unspecified atom stereocenters. The van der Waals surface area contributed by atoms with Crippen LogP contribution >= 0.6 is 0 Å². The van der Waals surface area contributed by atoms with Crippen LogP contribution in [0.2, 0.25) is 0 Å². The zero-order valence-corrected chi connectivity index (χ0v) is 12.7. The fraction of sp³-hybridized carbons (Fsp3) is 0.750. The van der Waals surface area contributed by atoms with E-state index in [4.69, 9.17) is 4.98 Å². The summed E-state index contributed by atoms with van der Waals surface area (Å²) >= 11 is 0. The van der Waals surface area contributed by atoms with Crippen LogP contribution in [0.3, 0.4) is 0 Å². The van der Waals surface area contributed by atoms with Gasteiger partial charge in [0.05, 0.1) is 0 Å². The predicted molar refractivity (Wildman–Crippen MR) is 81.9 cm³/mol. The van der Waals surface area contributed by atoms with Crippen LogP contribution in [-0.4, -0.2) is 29.6 Å². The van der Waals surface area contributed by atoms with Gasteiger partial charge in [0.2, 0.25) is 5.95 Å². The third kappa shape index (κ3) is 2.66. The normalized spacial score (nSPS) is 26.4. The van der Waals surface area contributed by atoms with Gasteiger partial charge in [0.25, 0.3) is 0 Å². The lowest BCUT2D eigenvalue weighted by molar-refractivity contribution is 0.241. The van der Waals surface area contributed by atoms with E-state index in [9.17, 15) is 0 Å². The van der Waals surface area contributed by atoms with Crippen LogP contribution in [-0.2, 0) is 6.54 Å². The van der Waals surface area contributed by atoms with Crippen LogP contribution in [0.1, 0.15) is 49.8 Å². The van der Waals surface area contributed by atoms with Gasteiger partial charge in [0.1, 0.15) is 0 Å². The minimum Gasteiger partial charge on any atom is -0.338 e. The lowest BCUT2D eigenvalue weighted by atomic mass is 9.78. The Morgan fingerprint density at radius 2 is 2.05 bits per heavy atom. The summed E-state index contributed by atoms with van der Waals surface area (Å²) in [5, 5.41) is 3.18. The Morgan fingerprint density at radius 3 is 2.85 bits per heavy atom. The highest BCUT2D eigenvalue weighted by molar-refractivity contribution is 5.35. The van der Waals surface area contributed by atoms with E-state index in [0.29, 0.717) is 6.04 Å². The molecule has 4 nitrogen and oxygen atoms in total. The third-order valence-corrected chi connectivity index (χ3v) is 4.94. The number of hydrogen-bond donors (Lipinski definition) is 1. The van der Waals surface area contributed by atoms with E-state index in [-0.39, 0.29) is 0 Å². The van der Waals surface area contributed by atoms with Gasteiger partial charge in [-0.1, -0.05) is 12.8 Å². The number of rotatable bonds is 3. The molecule has 0 spiro atoms. The van der Waals surface area contributed by atoms with Gasteiger partial charge in [-0.05, 0) is 45.6 Å². The molecule has 0 amide bonds. The fourth-order valence-corrected chi connectivity index (χ4v) is 3.86. The first kappa shape index (κ1) is 13.8. The monoisotopic (exact) mass is 274 g/mol. The van der Waals surface area contributed by atoms with Crippen molar-refractivity contribution in [1.29, 1.82) is 0 Å². The van der Waals surface area contributed by atoms with E-state index in [1.807, 2.05) is 13.2 Å². The zero-order chi connectivity index (χ0) is 13.9. The second-order valence-corrected chi connectivity index (χ2v) is 6.26. The van der Waals surface area contributed by atoms with Gasteiger partial charge in [0.15, 0.2) is 0 Å². The van der Waals surface area contributed by atoms with Crippen LogP contribution in [0.4, 0.5) is 5.95 Å². The highest BCUT2D eigenvalue weighted by Gasteiger charge is 2.34. The topological polar surface area (TPSA) is 41.1 Å². The van der Waals surface area contributed by atoms with Gasteiger partial charge in [-0.2, -0.15) is 0 Å². The van der Waals surface area contributed by atoms with Crippen LogP contribution in [0.5, 0.6) is 0 Å². The van der Waals surface area contributed by atoms with Crippen molar-refractivity contribution in [1.82, 2.24) is 15.3 Å². The molecule has 1 aliphatic carbocycles. The number of aryl methyl sites for hydroxylation is 1. The highest BCUT2D eigenvalue weighted by Crippen LogP contribution is 2.36. The molecule has 1 saturated heterocycles. The molecule has 0 radical (unpaired) electrons. The molecule has 2 atom stereocenters. The smallest absolute Gasteiger partial charge is 0.225 e. The second-order valence-electron chi connectivity index (χ2n) is 6.26. The molecule has 2 aliphatic rings. The molecule has 1 aromatic heterocycles. The molecule has 0 bridgehead atoms. The molecule has 1 aliphatic heterocycles. The van der Waals surface area contributed by atoms with Crippen molar-refractivity contribution in [2.45, 2.75) is 58.0 Å². The first-order valence-electron chi connectivity index (χ1n) is 8.03. The summed E-state index contributed by atoms with van der Waals surface area (Å²) in [4.78, 5) is 11.9. The van der Waals surface area contributed by atoms with Crippen molar-refractivity contribution in [2.24, 2.45) is 5.92 Å². The van der Waals surface area contributed by atoms with Gasteiger partial charge < -0.3 is 10.2 Å². The maximum atomic E-state index is 4.78. The van der Waals surface area contributed by atoms with Crippen molar-refractivity contribution < 1.29 is 0 Å². The first-order valence-corrected chi connectivity index (χ1v) is 8.03. The minimum atomic E-state index is 0.687. The molecule has 0 aromatic carbocycles. The standard InChI is InChI=1S/C16H26N4/c1-12-14(10-17-2)11-18-16(19-12)20-9-5-7-13-6-3-4-8-15(13)20/h11,13,15,17H,3-10H2,1-2H3. The van der Waals surface area contributed by atoms with Crippen molar-refractivity contribution in [3.63, 3.8) is 0 Å². The molecule has 110 valence electrons. The molecule has 20 heavy (non-hydrogen) atoms. The van der Waals surface area contributed by atoms with Gasteiger partial charge in [-0.15, -0.1) is 0 Å². The molecule has 1 saturated carbocycles. The Morgan fingerprint density at radius 1 is 1.25 bits per heavy atom. The number of nitrogens with zero attached hydrogens (tertiary/aromatic N) is 3. The third-order valence-electron chi connectivity index (χ3n) is 4.94. The van der Waals surface area contributed by atoms with Crippen molar-refractivity contribution >= 4 is 5.95 Å². The van der Waals surface area contributed by atoms with Crippen LogP contribution in [0.25, 0.3) is 0 Å². The molecular formula is C16H26N4. The van der Waals surface area contributed by atoms with E-state index in [0.717, 1.165) is 30.6 Å². The maximum Gasteiger partial charge on any atom is 0.225 e. The average Bonchev–Trinajstić information content (AvgIpc) is 2.49. The summed E-state index contributed by atoms with van der Waals surface area (Å²) in [6, 6.07) is 0.687. The summed E-state index contributed by atoms with van der Waals surface area (Å²) in [5.74, 6) is 1.83. The predicted octanol–water partition coefficient (Wildman–Crippen LogP) is 2.66. The minimum absolute atomic E-state index is 0.687. The number of fused-ring (bicyclic) bond motifs is 1. The lowest BCUT2D eigenvalue weighted by Gasteiger charge is -2.44. The van der Waals surface area contributed by atoms with Crippen LogP contribution < -0.4 is 10.2 Å². The summed E-state index contributed by atoms with van der Waals surface area (Å²) < 4.78 is 0. The SMILES string of the molecule is CNCc1cnc(N2CCCC3CCCCC32)nc1C. The van der Waals surface area contributed by atoms with Crippen molar-refractivity contribution in [2.75, 3.05) is 18.5 Å². The number of nitrogens with one attached hydrogen (secondary N) is 1. The van der Waals surface area contributed by atoms with Gasteiger partial charge in [0, 0.05) is 36.6 Å². The Labute approximate surface area is 122 Å². The van der Waals surface area contributed by atoms with Crippen LogP contribution in [0.15, 0.2) is 6.20 Å². The van der Waals surface area contributed by atoms with Crippen molar-refractivity contribution in [3.05, 3.63) is 17.5 Å². The Kier molecular flexibility index (Phi) is 4.20. The fourth-order valence-electron chi connectivity index (χ4n) is 3.86. The van der Waals surface area contributed by atoms with E-state index in [1.165, 1.54) is 44.1 Å². The summed E-state index contributed by atoms with van der Waals surface area (Å²) in [6.45, 7) is 4.07. The first-order chi connectivity index (χ1) is 9.79. The Bertz CT molecular complexity index is 458. The highest BCUT2D eigenvalue weighted by atomic mass is 15.3. The molecule has 1 N–H and O–H groups in total. The van der Waals surface area contributed by atoms with Gasteiger partial charge >= 0.3 is 0 Å². The van der Waals surface area contributed by atoms with E-state index in [2.05, 4.69) is 22.1 Å². The maximum absolute atomic E-state index is 4.78. The largest absolute Gasteiger partial charge is 0.338 e. The Hall–Kier alpha value is -1.16. The average molecular weight is 274 g/mol. The molecule has 4 heteroatoms. The molecule has 2 heterocycles. The molecular weight excluding hydrogens is 248 g/mol. The Balaban J connectivity index is 1.82. The van der Waals surface area contributed by atoms with E-state index in [1.54, 1.807) is 0 Å². The van der Waals surface area contributed by atoms with E-state index < -0.39 is 0 Å². The van der Waals surface area contributed by atoms with Gasteiger partial charge in [-0.3, -0.25) is 0 Å². The quantitative estimate of drug-likeness (QED) is 0.920. The van der Waals surface area contributed by atoms with Crippen LogP contribution in [0, 0.1) is 12.8 Å². The zero-order valence-electron chi connectivity index (χ0n) is 12.7. The van der Waals surface area contributed by atoms with Crippen molar-refractivity contribution in [3.8, 4) is 0 Å². The number of piperidine rings is 1. The second kappa shape index (κ2) is 6.08. The number of hydrogen-bond acceptors (Lipinski definition) is 4. The number of anilines is 1. The molecule has 2 fully saturated rings. The number of aromatic nitrogens is 2. The molecule has 1 aromatic rings. The molecule has 3 rings (SSSR count). The van der Waals surface area contributed by atoms with Gasteiger partial charge in [-0.25, -0.2) is 9.97 Å².